The van der Waals surface area contributed by atoms with Crippen LogP contribution in [0.25, 0.3) is 17.0 Å². The predicted octanol–water partition coefficient (Wildman–Crippen LogP) is 3.99. The Kier molecular flexibility index (Phi) is 6.16. The molecule has 0 fully saturated rings. The molecule has 0 radical (unpaired) electrons. The first kappa shape index (κ1) is 20.0. The molecule has 8 nitrogen and oxygen atoms in total. The van der Waals surface area contributed by atoms with Gasteiger partial charge in [0.2, 0.25) is 0 Å². The van der Waals surface area contributed by atoms with Crippen molar-refractivity contribution >= 4 is 51.8 Å². The molecule has 0 aliphatic carbocycles. The largest absolute Gasteiger partial charge is 0.452 e. The zero-order valence-corrected chi connectivity index (χ0v) is 15.6. The highest BCUT2D eigenvalue weighted by Gasteiger charge is 2.13. The van der Waals surface area contributed by atoms with E-state index in [0.29, 0.717) is 0 Å². The molecule has 29 heavy (non-hydrogen) atoms. The fourth-order valence-corrected chi connectivity index (χ4v) is 2.68. The van der Waals surface area contributed by atoms with E-state index >= 15 is 0 Å². The molecule has 2 aromatic carbocycles. The van der Waals surface area contributed by atoms with E-state index in [9.17, 15) is 19.7 Å². The van der Waals surface area contributed by atoms with Crippen molar-refractivity contribution in [3.63, 3.8) is 0 Å². The molecule has 1 N–H and O–H groups in total. The van der Waals surface area contributed by atoms with Gasteiger partial charge in [-0.1, -0.05) is 35.9 Å². The topological polar surface area (TPSA) is 111 Å². The minimum Gasteiger partial charge on any atom is -0.452 e. The number of hydrogen-bond donors (Lipinski definition) is 1. The third-order valence-electron chi connectivity index (χ3n) is 3.84. The molecular weight excluding hydrogens is 398 g/mol. The minimum atomic E-state index is -0.724. The number of nitro benzene ring substituents is 1. The van der Waals surface area contributed by atoms with E-state index in [-0.39, 0.29) is 16.4 Å². The number of aromatic nitrogens is 1. The first-order valence-corrected chi connectivity index (χ1v) is 8.74. The number of hydrogen-bond acceptors (Lipinski definition) is 6. The lowest BCUT2D eigenvalue weighted by atomic mass is 10.1. The van der Waals surface area contributed by atoms with Crippen LogP contribution in [-0.2, 0) is 14.3 Å². The number of halogens is 1. The molecular formula is C20H14ClN3O5. The number of non-ortho nitro benzene ring substituents is 1. The van der Waals surface area contributed by atoms with E-state index in [1.807, 2.05) is 24.3 Å². The van der Waals surface area contributed by atoms with Crippen LogP contribution < -0.4 is 5.32 Å². The number of esters is 1. The summed E-state index contributed by atoms with van der Waals surface area (Å²) in [5, 5.41) is 14.2. The van der Waals surface area contributed by atoms with Gasteiger partial charge in [-0.25, -0.2) is 4.79 Å². The smallest absolute Gasteiger partial charge is 0.331 e. The summed E-state index contributed by atoms with van der Waals surface area (Å²) in [6.07, 6.45) is 4.39. The molecule has 0 spiro atoms. The van der Waals surface area contributed by atoms with Gasteiger partial charge in [-0.2, -0.15) is 0 Å². The molecule has 146 valence electrons. The summed E-state index contributed by atoms with van der Waals surface area (Å²) in [6, 6.07) is 12.9. The maximum absolute atomic E-state index is 11.9. The number of nitrogens with one attached hydrogen (secondary N) is 1. The second-order valence-corrected chi connectivity index (χ2v) is 6.24. The molecule has 9 heteroatoms. The standard InChI is InChI=1S/C20H14ClN3O5/c21-16-8-7-15(24(27)28)11-17(16)23-18(25)12-29-19(26)9-6-14-4-1-3-13-5-2-10-22-20(13)14/h1-11H,12H2,(H,23,25)/b9-6+. The molecule has 3 rings (SSSR count). The molecule has 0 aliphatic heterocycles. The van der Waals surface area contributed by atoms with Gasteiger partial charge in [0, 0.05) is 35.4 Å². The van der Waals surface area contributed by atoms with Crippen molar-refractivity contribution in [1.29, 1.82) is 0 Å². The summed E-state index contributed by atoms with van der Waals surface area (Å²) in [6.45, 7) is -0.573. The number of nitro groups is 1. The van der Waals surface area contributed by atoms with Crippen LogP contribution in [0.15, 0.2) is 60.8 Å². The van der Waals surface area contributed by atoms with Crippen molar-refractivity contribution in [2.45, 2.75) is 0 Å². The monoisotopic (exact) mass is 411 g/mol. The van der Waals surface area contributed by atoms with Crippen LogP contribution in [0.3, 0.4) is 0 Å². The molecule has 1 heterocycles. The van der Waals surface area contributed by atoms with Gasteiger partial charge in [-0.3, -0.25) is 19.9 Å². The van der Waals surface area contributed by atoms with Crippen molar-refractivity contribution in [3.8, 4) is 0 Å². The Morgan fingerprint density at radius 1 is 1.21 bits per heavy atom. The van der Waals surface area contributed by atoms with Crippen LogP contribution in [0.1, 0.15) is 5.56 Å². The fourth-order valence-electron chi connectivity index (χ4n) is 2.51. The number of anilines is 1. The van der Waals surface area contributed by atoms with Crippen molar-refractivity contribution in [1.82, 2.24) is 4.98 Å². The van der Waals surface area contributed by atoms with Gasteiger partial charge in [0.15, 0.2) is 6.61 Å². The van der Waals surface area contributed by atoms with Crippen LogP contribution in [0.5, 0.6) is 0 Å². The van der Waals surface area contributed by atoms with Crippen LogP contribution in [0.2, 0.25) is 5.02 Å². The lowest BCUT2D eigenvalue weighted by Crippen LogP contribution is -2.20. The summed E-state index contributed by atoms with van der Waals surface area (Å²) in [5.74, 6) is -1.40. The Hall–Kier alpha value is -3.78. The summed E-state index contributed by atoms with van der Waals surface area (Å²) >= 11 is 5.91. The van der Waals surface area contributed by atoms with E-state index in [4.69, 9.17) is 16.3 Å². The quantitative estimate of drug-likeness (QED) is 0.284. The third kappa shape index (κ3) is 5.14. The summed E-state index contributed by atoms with van der Waals surface area (Å²) < 4.78 is 4.89. The normalized spacial score (nSPS) is 10.8. The van der Waals surface area contributed by atoms with Crippen molar-refractivity contribution in [2.24, 2.45) is 0 Å². The number of fused-ring (bicyclic) bond motifs is 1. The number of amides is 1. The molecule has 0 saturated carbocycles. The molecule has 0 atom stereocenters. The third-order valence-corrected chi connectivity index (χ3v) is 4.17. The second kappa shape index (κ2) is 8.94. The first-order valence-electron chi connectivity index (χ1n) is 8.36. The molecule has 0 unspecified atom stereocenters. The van der Waals surface area contributed by atoms with Gasteiger partial charge in [0.25, 0.3) is 11.6 Å². The number of benzene rings is 2. The molecule has 1 aromatic heterocycles. The van der Waals surface area contributed by atoms with Crippen LogP contribution >= 0.6 is 11.6 Å². The van der Waals surface area contributed by atoms with Crippen molar-refractivity contribution < 1.29 is 19.2 Å². The number of carbonyl (C=O) groups excluding carboxylic acids is 2. The highest BCUT2D eigenvalue weighted by atomic mass is 35.5. The Morgan fingerprint density at radius 2 is 2.00 bits per heavy atom. The molecule has 0 aliphatic rings. The van der Waals surface area contributed by atoms with E-state index in [1.165, 1.54) is 18.2 Å². The van der Waals surface area contributed by atoms with Gasteiger partial charge < -0.3 is 10.1 Å². The van der Waals surface area contributed by atoms with E-state index in [1.54, 1.807) is 18.3 Å². The maximum Gasteiger partial charge on any atom is 0.331 e. The molecule has 1 amide bonds. The van der Waals surface area contributed by atoms with Gasteiger partial charge in [0.1, 0.15) is 0 Å². The Labute approximate surface area is 169 Å². The van der Waals surface area contributed by atoms with Crippen LogP contribution in [0, 0.1) is 10.1 Å². The van der Waals surface area contributed by atoms with E-state index < -0.39 is 23.4 Å². The van der Waals surface area contributed by atoms with Gasteiger partial charge in [-0.15, -0.1) is 0 Å². The van der Waals surface area contributed by atoms with Gasteiger partial charge >= 0.3 is 5.97 Å². The number of ether oxygens (including phenoxy) is 1. The Morgan fingerprint density at radius 3 is 2.79 bits per heavy atom. The second-order valence-electron chi connectivity index (χ2n) is 5.83. The first-order chi connectivity index (χ1) is 13.9. The number of carbonyl (C=O) groups is 2. The zero-order valence-electron chi connectivity index (χ0n) is 14.9. The lowest BCUT2D eigenvalue weighted by Gasteiger charge is -2.07. The fraction of sp³-hybridized carbons (Fsp3) is 0.0500. The van der Waals surface area contributed by atoms with E-state index in [2.05, 4.69) is 10.3 Å². The maximum atomic E-state index is 11.9. The average molecular weight is 412 g/mol. The Balaban J connectivity index is 1.59. The van der Waals surface area contributed by atoms with Crippen molar-refractivity contribution in [3.05, 3.63) is 81.5 Å². The molecule has 0 bridgehead atoms. The highest BCUT2D eigenvalue weighted by Crippen LogP contribution is 2.26. The Bertz CT molecular complexity index is 1120. The number of pyridine rings is 1. The van der Waals surface area contributed by atoms with Crippen molar-refractivity contribution in [2.75, 3.05) is 11.9 Å². The molecule has 0 saturated heterocycles. The number of rotatable bonds is 6. The van der Waals surface area contributed by atoms with Gasteiger partial charge in [0.05, 0.1) is 21.2 Å². The van der Waals surface area contributed by atoms with E-state index in [0.717, 1.165) is 22.5 Å². The SMILES string of the molecule is O=C(COC(=O)/C=C/c1cccc2cccnc12)Nc1cc([N+](=O)[O-])ccc1Cl. The number of nitrogens with zero attached hydrogens (tertiary/aromatic N) is 2. The minimum absolute atomic E-state index is 0.0549. The van der Waals surface area contributed by atoms with Gasteiger partial charge in [-0.05, 0) is 18.2 Å². The summed E-state index contributed by atoms with van der Waals surface area (Å²) in [7, 11) is 0. The predicted molar refractivity (Wildman–Crippen MR) is 108 cm³/mol. The zero-order chi connectivity index (χ0) is 20.8. The van der Waals surface area contributed by atoms with Crippen LogP contribution in [-0.4, -0.2) is 28.4 Å². The van der Waals surface area contributed by atoms with Crippen LogP contribution in [0.4, 0.5) is 11.4 Å². The summed E-state index contributed by atoms with van der Waals surface area (Å²) in [5.41, 5.74) is 1.29. The lowest BCUT2D eigenvalue weighted by molar-refractivity contribution is -0.384. The number of para-hydroxylation sites is 1. The molecule has 3 aromatic rings. The highest BCUT2D eigenvalue weighted by molar-refractivity contribution is 6.33. The average Bonchev–Trinajstić information content (AvgIpc) is 2.72. The summed E-state index contributed by atoms with van der Waals surface area (Å²) in [4.78, 5) is 38.3.